The zero-order valence-corrected chi connectivity index (χ0v) is 23.8. The van der Waals surface area contributed by atoms with E-state index in [-0.39, 0.29) is 11.9 Å². The van der Waals surface area contributed by atoms with Crippen molar-refractivity contribution in [2.24, 2.45) is 0 Å². The van der Waals surface area contributed by atoms with Crippen LogP contribution in [0.3, 0.4) is 0 Å². The van der Waals surface area contributed by atoms with Gasteiger partial charge in [-0.2, -0.15) is 0 Å². The largest absolute Gasteiger partial charge is 0.369 e. The van der Waals surface area contributed by atoms with Gasteiger partial charge in [-0.15, -0.1) is 0 Å². The molecule has 4 heteroatoms. The van der Waals surface area contributed by atoms with Gasteiger partial charge in [-0.3, -0.25) is 9.69 Å². The molecule has 4 aromatic carbocycles. The number of carbonyl (C=O) groups is 1. The molecule has 1 amide bonds. The van der Waals surface area contributed by atoms with Crippen LogP contribution in [-0.4, -0.2) is 54.5 Å². The fourth-order valence-corrected chi connectivity index (χ4v) is 5.71. The minimum atomic E-state index is 0.0900. The molecule has 1 fully saturated rings. The molecular formula is C36H41N3O. The highest BCUT2D eigenvalue weighted by molar-refractivity contribution is 5.95. The highest BCUT2D eigenvalue weighted by atomic mass is 16.2. The Balaban J connectivity index is 1.20. The zero-order chi connectivity index (χ0) is 27.7. The maximum Gasteiger partial charge on any atom is 0.254 e. The predicted octanol–water partition coefficient (Wildman–Crippen LogP) is 7.08. The van der Waals surface area contributed by atoms with Crippen molar-refractivity contribution in [3.05, 3.63) is 138 Å². The van der Waals surface area contributed by atoms with Crippen LogP contribution >= 0.6 is 0 Å². The summed E-state index contributed by atoms with van der Waals surface area (Å²) < 4.78 is 0. The van der Waals surface area contributed by atoms with Crippen LogP contribution in [0.1, 0.15) is 53.2 Å². The lowest BCUT2D eigenvalue weighted by Gasteiger charge is -2.37. The molecule has 0 bridgehead atoms. The Kier molecular flexibility index (Phi) is 9.30. The standard InChI is InChI=1S/C36H41N3O/c1-29(2)39(28-30-13-6-3-7-14-30)36(40)33-19-12-20-34(27-33)38-25-23-37(24-26-38)22-21-35(31-15-8-4-9-16-31)32-17-10-5-11-18-32/h3-20,27,29,35H,21-26,28H2,1-2H3. The normalized spacial score (nSPS) is 14.1. The SMILES string of the molecule is CC(C)N(Cc1ccccc1)C(=O)c1cccc(N2CCN(CCC(c3ccccc3)c3ccccc3)CC2)c1. The Morgan fingerprint density at radius 3 is 1.88 bits per heavy atom. The number of carbonyl (C=O) groups excluding carboxylic acids is 1. The van der Waals surface area contributed by atoms with Crippen molar-refractivity contribution in [1.82, 2.24) is 9.80 Å². The molecule has 0 aliphatic carbocycles. The summed E-state index contributed by atoms with van der Waals surface area (Å²) in [5, 5.41) is 0. The van der Waals surface area contributed by atoms with Crippen molar-refractivity contribution in [2.45, 2.75) is 38.8 Å². The van der Waals surface area contributed by atoms with E-state index in [0.717, 1.165) is 56.0 Å². The number of rotatable bonds is 10. The van der Waals surface area contributed by atoms with Gasteiger partial charge in [-0.05, 0) is 61.7 Å². The fourth-order valence-electron chi connectivity index (χ4n) is 5.71. The Labute approximate surface area is 239 Å². The molecule has 1 heterocycles. The van der Waals surface area contributed by atoms with E-state index >= 15 is 0 Å². The molecule has 0 unspecified atom stereocenters. The second-order valence-electron chi connectivity index (χ2n) is 11.1. The number of hydrogen-bond donors (Lipinski definition) is 0. The number of nitrogens with zero attached hydrogens (tertiary/aromatic N) is 3. The first-order valence-corrected chi connectivity index (χ1v) is 14.6. The molecule has 206 valence electrons. The van der Waals surface area contributed by atoms with E-state index in [1.807, 2.05) is 35.2 Å². The summed E-state index contributed by atoms with van der Waals surface area (Å²) in [5.74, 6) is 0.495. The lowest BCUT2D eigenvalue weighted by molar-refractivity contribution is 0.0690. The first kappa shape index (κ1) is 27.7. The van der Waals surface area contributed by atoms with Crippen molar-refractivity contribution < 1.29 is 4.79 Å². The number of anilines is 1. The van der Waals surface area contributed by atoms with E-state index in [2.05, 4.69) is 109 Å². The van der Waals surface area contributed by atoms with Crippen LogP contribution in [-0.2, 0) is 6.54 Å². The maximum absolute atomic E-state index is 13.6. The molecule has 0 saturated carbocycles. The third-order valence-electron chi connectivity index (χ3n) is 8.05. The first-order chi connectivity index (χ1) is 19.6. The summed E-state index contributed by atoms with van der Waals surface area (Å²) in [4.78, 5) is 20.5. The van der Waals surface area contributed by atoms with Crippen LogP contribution in [0, 0.1) is 0 Å². The van der Waals surface area contributed by atoms with Crippen LogP contribution in [0.25, 0.3) is 0 Å². The lowest BCUT2D eigenvalue weighted by Crippen LogP contribution is -2.47. The van der Waals surface area contributed by atoms with E-state index in [1.54, 1.807) is 0 Å². The van der Waals surface area contributed by atoms with E-state index < -0.39 is 0 Å². The lowest BCUT2D eigenvalue weighted by atomic mass is 9.88. The van der Waals surface area contributed by atoms with Gasteiger partial charge in [0.25, 0.3) is 5.91 Å². The smallest absolute Gasteiger partial charge is 0.254 e. The molecule has 4 aromatic rings. The average molecular weight is 532 g/mol. The number of benzene rings is 4. The number of piperazine rings is 1. The molecule has 0 spiro atoms. The van der Waals surface area contributed by atoms with Crippen molar-refractivity contribution >= 4 is 11.6 Å². The highest BCUT2D eigenvalue weighted by Crippen LogP contribution is 2.28. The van der Waals surface area contributed by atoms with Gasteiger partial charge in [-0.25, -0.2) is 0 Å². The van der Waals surface area contributed by atoms with Gasteiger partial charge in [0.15, 0.2) is 0 Å². The summed E-state index contributed by atoms with van der Waals surface area (Å²) in [6.45, 7) is 9.86. The highest BCUT2D eigenvalue weighted by Gasteiger charge is 2.23. The molecule has 0 radical (unpaired) electrons. The van der Waals surface area contributed by atoms with E-state index in [9.17, 15) is 4.79 Å². The third-order valence-corrected chi connectivity index (χ3v) is 8.05. The van der Waals surface area contributed by atoms with Crippen molar-refractivity contribution in [3.8, 4) is 0 Å². The van der Waals surface area contributed by atoms with Gasteiger partial charge in [0.2, 0.25) is 0 Å². The summed E-state index contributed by atoms with van der Waals surface area (Å²) in [5.41, 5.74) is 5.82. The van der Waals surface area contributed by atoms with Crippen LogP contribution in [0.15, 0.2) is 115 Å². The molecule has 0 N–H and O–H groups in total. The molecular weight excluding hydrogens is 490 g/mol. The maximum atomic E-state index is 13.6. The topological polar surface area (TPSA) is 26.8 Å². The second-order valence-corrected chi connectivity index (χ2v) is 11.1. The Hall–Kier alpha value is -3.89. The van der Waals surface area contributed by atoms with Crippen molar-refractivity contribution in [2.75, 3.05) is 37.6 Å². The minimum Gasteiger partial charge on any atom is -0.369 e. The van der Waals surface area contributed by atoms with Gasteiger partial charge in [-0.1, -0.05) is 97.1 Å². The molecule has 1 saturated heterocycles. The van der Waals surface area contributed by atoms with E-state index in [1.165, 1.54) is 11.1 Å². The van der Waals surface area contributed by atoms with Crippen LogP contribution in [0.2, 0.25) is 0 Å². The molecule has 5 rings (SSSR count). The monoisotopic (exact) mass is 531 g/mol. The molecule has 0 aromatic heterocycles. The van der Waals surface area contributed by atoms with Gasteiger partial charge in [0, 0.05) is 55.9 Å². The Bertz CT molecular complexity index is 1290. The van der Waals surface area contributed by atoms with Crippen LogP contribution in [0.5, 0.6) is 0 Å². The number of hydrogen-bond acceptors (Lipinski definition) is 3. The summed E-state index contributed by atoms with van der Waals surface area (Å²) in [7, 11) is 0. The van der Waals surface area contributed by atoms with Crippen LogP contribution in [0.4, 0.5) is 5.69 Å². The van der Waals surface area contributed by atoms with E-state index in [0.29, 0.717) is 12.5 Å². The molecule has 4 nitrogen and oxygen atoms in total. The second kappa shape index (κ2) is 13.5. The molecule has 0 atom stereocenters. The molecule has 40 heavy (non-hydrogen) atoms. The van der Waals surface area contributed by atoms with Gasteiger partial charge in [0.05, 0.1) is 0 Å². The summed E-state index contributed by atoms with van der Waals surface area (Å²) in [6.07, 6.45) is 1.10. The van der Waals surface area contributed by atoms with Crippen molar-refractivity contribution in [3.63, 3.8) is 0 Å². The zero-order valence-electron chi connectivity index (χ0n) is 23.8. The van der Waals surface area contributed by atoms with E-state index in [4.69, 9.17) is 0 Å². The minimum absolute atomic E-state index is 0.0900. The first-order valence-electron chi connectivity index (χ1n) is 14.6. The average Bonchev–Trinajstić information content (AvgIpc) is 3.01. The third kappa shape index (κ3) is 7.00. The Morgan fingerprint density at radius 2 is 1.30 bits per heavy atom. The van der Waals surface area contributed by atoms with Gasteiger partial charge >= 0.3 is 0 Å². The fraction of sp³-hybridized carbons (Fsp3) is 0.306. The van der Waals surface area contributed by atoms with Crippen LogP contribution < -0.4 is 4.90 Å². The summed E-state index contributed by atoms with van der Waals surface area (Å²) >= 11 is 0. The summed E-state index contributed by atoms with van der Waals surface area (Å²) in [6, 6.07) is 40.3. The quantitative estimate of drug-likeness (QED) is 0.219. The molecule has 1 aliphatic rings. The van der Waals surface area contributed by atoms with Gasteiger partial charge < -0.3 is 9.80 Å². The Morgan fingerprint density at radius 1 is 0.725 bits per heavy atom. The van der Waals surface area contributed by atoms with Crippen molar-refractivity contribution in [1.29, 1.82) is 0 Å². The molecule has 1 aliphatic heterocycles. The number of amides is 1. The van der Waals surface area contributed by atoms with Gasteiger partial charge in [0.1, 0.15) is 0 Å². The predicted molar refractivity (Wildman–Crippen MR) is 166 cm³/mol.